The fraction of sp³-hybridized carbons (Fsp3) is 0.474. The monoisotopic (exact) mass is 313 g/mol. The van der Waals surface area contributed by atoms with Crippen LogP contribution in [0.2, 0.25) is 0 Å². The Hall–Kier alpha value is -2.10. The first kappa shape index (κ1) is 17.3. The first-order valence-corrected chi connectivity index (χ1v) is 8.20. The normalized spacial score (nSPS) is 12.4. The number of aryl methyl sites for hydroxylation is 2. The average molecular weight is 313 g/mol. The number of carbonyl (C=O) groups excluding carboxylic acids is 1. The topological polar surface area (TPSA) is 46.9 Å². The Kier molecular flexibility index (Phi) is 5.59. The van der Waals surface area contributed by atoms with Gasteiger partial charge in [-0.05, 0) is 25.3 Å². The smallest absolute Gasteiger partial charge is 0.224 e. The molecule has 0 radical (unpaired) electrons. The lowest BCUT2D eigenvalue weighted by Crippen LogP contribution is -2.31. The molecule has 0 spiro atoms. The molecule has 2 aromatic rings. The van der Waals surface area contributed by atoms with Gasteiger partial charge in [-0.3, -0.25) is 9.48 Å². The van der Waals surface area contributed by atoms with Crippen LogP contribution in [0.3, 0.4) is 0 Å². The number of nitrogens with one attached hydrogen (secondary N) is 1. The standard InChI is InChI=1S/C19H27N3O/c1-13(2)18(16-9-7-6-8-10-16)12-20-19(23)11-17-14(3)21-22(5)15(17)4/h6-10,13,18H,11-12H2,1-5H3,(H,20,23). The molecule has 0 saturated heterocycles. The van der Waals surface area contributed by atoms with Gasteiger partial charge in [0.2, 0.25) is 5.91 Å². The Bertz CT molecular complexity index is 659. The molecule has 1 N–H and O–H groups in total. The van der Waals surface area contributed by atoms with Gasteiger partial charge in [-0.1, -0.05) is 44.2 Å². The van der Waals surface area contributed by atoms with E-state index in [0.29, 0.717) is 24.8 Å². The van der Waals surface area contributed by atoms with Crippen molar-refractivity contribution >= 4 is 5.91 Å². The molecule has 0 aliphatic rings. The molecule has 0 aliphatic heterocycles. The largest absolute Gasteiger partial charge is 0.355 e. The van der Waals surface area contributed by atoms with E-state index in [9.17, 15) is 4.79 Å². The van der Waals surface area contributed by atoms with E-state index >= 15 is 0 Å². The van der Waals surface area contributed by atoms with E-state index in [0.717, 1.165) is 17.0 Å². The van der Waals surface area contributed by atoms with Crippen LogP contribution in [0.1, 0.15) is 42.3 Å². The average Bonchev–Trinajstić information content (AvgIpc) is 2.74. The van der Waals surface area contributed by atoms with Crippen molar-refractivity contribution in [3.05, 3.63) is 52.8 Å². The van der Waals surface area contributed by atoms with Crippen LogP contribution < -0.4 is 5.32 Å². The molecule has 1 aromatic heterocycles. The van der Waals surface area contributed by atoms with E-state index in [-0.39, 0.29) is 5.91 Å². The maximum absolute atomic E-state index is 12.3. The second-order valence-corrected chi connectivity index (χ2v) is 6.52. The third kappa shape index (κ3) is 4.21. The van der Waals surface area contributed by atoms with Gasteiger partial charge in [0.15, 0.2) is 0 Å². The molecule has 4 nitrogen and oxygen atoms in total. The van der Waals surface area contributed by atoms with Crippen LogP contribution in [-0.4, -0.2) is 22.2 Å². The summed E-state index contributed by atoms with van der Waals surface area (Å²) in [5, 5.41) is 7.47. The molecule has 1 unspecified atom stereocenters. The van der Waals surface area contributed by atoms with Crippen molar-refractivity contribution in [1.29, 1.82) is 0 Å². The Labute approximate surface area is 138 Å². The molecule has 1 atom stereocenters. The second kappa shape index (κ2) is 7.44. The molecule has 1 amide bonds. The molecule has 2 rings (SSSR count). The van der Waals surface area contributed by atoms with Gasteiger partial charge in [0, 0.05) is 30.8 Å². The molecule has 1 aromatic carbocycles. The van der Waals surface area contributed by atoms with E-state index in [4.69, 9.17) is 0 Å². The van der Waals surface area contributed by atoms with Gasteiger partial charge in [-0.15, -0.1) is 0 Å². The summed E-state index contributed by atoms with van der Waals surface area (Å²) in [5.41, 5.74) is 4.30. The Morgan fingerprint density at radius 2 is 1.87 bits per heavy atom. The number of hydrogen-bond acceptors (Lipinski definition) is 2. The van der Waals surface area contributed by atoms with Gasteiger partial charge in [-0.2, -0.15) is 5.10 Å². The van der Waals surface area contributed by atoms with E-state index in [1.807, 2.05) is 31.6 Å². The highest BCUT2D eigenvalue weighted by molar-refractivity contribution is 5.79. The third-order valence-corrected chi connectivity index (χ3v) is 4.55. The number of carbonyl (C=O) groups is 1. The number of amides is 1. The van der Waals surface area contributed by atoms with Crippen molar-refractivity contribution in [2.24, 2.45) is 13.0 Å². The van der Waals surface area contributed by atoms with E-state index in [1.165, 1.54) is 5.56 Å². The summed E-state index contributed by atoms with van der Waals surface area (Å²) in [6.07, 6.45) is 0.394. The number of benzene rings is 1. The molecule has 0 aliphatic carbocycles. The van der Waals surface area contributed by atoms with E-state index < -0.39 is 0 Å². The predicted octanol–water partition coefficient (Wildman–Crippen LogP) is 3.14. The molecule has 23 heavy (non-hydrogen) atoms. The van der Waals surface area contributed by atoms with E-state index in [1.54, 1.807) is 0 Å². The molecule has 1 heterocycles. The van der Waals surface area contributed by atoms with Crippen LogP contribution in [0.5, 0.6) is 0 Å². The van der Waals surface area contributed by atoms with Crippen molar-refractivity contribution in [2.75, 3.05) is 6.54 Å². The maximum Gasteiger partial charge on any atom is 0.224 e. The SMILES string of the molecule is Cc1nn(C)c(C)c1CC(=O)NCC(c1ccccc1)C(C)C. The molecule has 124 valence electrons. The minimum Gasteiger partial charge on any atom is -0.355 e. The quantitative estimate of drug-likeness (QED) is 0.890. The van der Waals surface area contributed by atoms with Crippen LogP contribution in [-0.2, 0) is 18.3 Å². The van der Waals surface area contributed by atoms with Gasteiger partial charge in [0.1, 0.15) is 0 Å². The number of aromatic nitrogens is 2. The van der Waals surface area contributed by atoms with Gasteiger partial charge in [-0.25, -0.2) is 0 Å². The summed E-state index contributed by atoms with van der Waals surface area (Å²) in [5.74, 6) is 0.863. The molecule has 0 saturated carbocycles. The van der Waals surface area contributed by atoms with E-state index in [2.05, 4.69) is 48.5 Å². The minimum absolute atomic E-state index is 0.0609. The summed E-state index contributed by atoms with van der Waals surface area (Å²) in [6.45, 7) is 9.01. The maximum atomic E-state index is 12.3. The van der Waals surface area contributed by atoms with Crippen molar-refractivity contribution in [1.82, 2.24) is 15.1 Å². The molecular weight excluding hydrogens is 286 g/mol. The summed E-state index contributed by atoms with van der Waals surface area (Å²) >= 11 is 0. The lowest BCUT2D eigenvalue weighted by Gasteiger charge is -2.22. The van der Waals surface area contributed by atoms with Crippen LogP contribution in [0, 0.1) is 19.8 Å². The lowest BCUT2D eigenvalue weighted by molar-refractivity contribution is -0.120. The highest BCUT2D eigenvalue weighted by Crippen LogP contribution is 2.23. The summed E-state index contributed by atoms with van der Waals surface area (Å²) in [7, 11) is 1.91. The van der Waals surface area contributed by atoms with Crippen LogP contribution in [0.4, 0.5) is 0 Å². The van der Waals surface area contributed by atoms with Gasteiger partial charge in [0.25, 0.3) is 0 Å². The van der Waals surface area contributed by atoms with Crippen molar-refractivity contribution in [3.8, 4) is 0 Å². The first-order valence-electron chi connectivity index (χ1n) is 8.20. The third-order valence-electron chi connectivity index (χ3n) is 4.55. The molecule has 0 fully saturated rings. The minimum atomic E-state index is 0.0609. The summed E-state index contributed by atoms with van der Waals surface area (Å²) in [4.78, 5) is 12.3. The van der Waals surface area contributed by atoms with Crippen molar-refractivity contribution in [2.45, 2.75) is 40.0 Å². The lowest BCUT2D eigenvalue weighted by atomic mass is 9.88. The first-order chi connectivity index (χ1) is 10.9. The molecular formula is C19H27N3O. The van der Waals surface area contributed by atoms with Gasteiger partial charge in [0.05, 0.1) is 12.1 Å². The molecule has 0 bridgehead atoms. The Balaban J connectivity index is 2.00. The highest BCUT2D eigenvalue weighted by atomic mass is 16.1. The van der Waals surface area contributed by atoms with Crippen molar-refractivity contribution in [3.63, 3.8) is 0 Å². The van der Waals surface area contributed by atoms with Crippen LogP contribution >= 0.6 is 0 Å². The molecule has 4 heteroatoms. The number of nitrogens with zero attached hydrogens (tertiary/aromatic N) is 2. The van der Waals surface area contributed by atoms with Crippen LogP contribution in [0.25, 0.3) is 0 Å². The zero-order chi connectivity index (χ0) is 17.0. The van der Waals surface area contributed by atoms with Crippen LogP contribution in [0.15, 0.2) is 30.3 Å². The zero-order valence-electron chi connectivity index (χ0n) is 14.8. The van der Waals surface area contributed by atoms with Gasteiger partial charge < -0.3 is 5.32 Å². The number of rotatable bonds is 6. The fourth-order valence-corrected chi connectivity index (χ4v) is 2.96. The summed E-state index contributed by atoms with van der Waals surface area (Å²) < 4.78 is 1.83. The highest BCUT2D eigenvalue weighted by Gasteiger charge is 2.18. The zero-order valence-corrected chi connectivity index (χ0v) is 14.8. The Morgan fingerprint density at radius 1 is 1.22 bits per heavy atom. The summed E-state index contributed by atoms with van der Waals surface area (Å²) in [6, 6.07) is 10.4. The fourth-order valence-electron chi connectivity index (χ4n) is 2.96. The Morgan fingerprint density at radius 3 is 2.39 bits per heavy atom. The predicted molar refractivity (Wildman–Crippen MR) is 93.4 cm³/mol. The van der Waals surface area contributed by atoms with Crippen molar-refractivity contribution < 1.29 is 4.79 Å². The second-order valence-electron chi connectivity index (χ2n) is 6.52. The number of hydrogen-bond donors (Lipinski definition) is 1. The van der Waals surface area contributed by atoms with Gasteiger partial charge >= 0.3 is 0 Å².